The molecule has 3 aromatic rings. The lowest BCUT2D eigenvalue weighted by molar-refractivity contribution is 0.610. The minimum atomic E-state index is -0.158. The standard InChI is InChI=1S/C15H14FN3/c16-12-6-2-1-5-11(12)9-10-17-15-18-13-7-3-4-8-14(13)19-15/h1-8H,9-10H2,(H2,17,18,19). The van der Waals surface area contributed by atoms with Gasteiger partial charge in [0.1, 0.15) is 5.82 Å². The minimum absolute atomic E-state index is 0.158. The molecule has 3 nitrogen and oxygen atoms in total. The van der Waals surface area contributed by atoms with Crippen molar-refractivity contribution in [2.45, 2.75) is 6.42 Å². The molecule has 0 radical (unpaired) electrons. The highest BCUT2D eigenvalue weighted by molar-refractivity contribution is 5.77. The predicted octanol–water partition coefficient (Wildman–Crippen LogP) is 3.36. The minimum Gasteiger partial charge on any atom is -0.355 e. The van der Waals surface area contributed by atoms with Crippen LogP contribution in [0.5, 0.6) is 0 Å². The second kappa shape index (κ2) is 5.10. The molecule has 1 heterocycles. The average molecular weight is 255 g/mol. The van der Waals surface area contributed by atoms with Crippen LogP contribution in [0.15, 0.2) is 48.5 Å². The number of benzene rings is 2. The number of aromatic nitrogens is 2. The number of anilines is 1. The van der Waals surface area contributed by atoms with E-state index in [1.807, 2.05) is 30.3 Å². The van der Waals surface area contributed by atoms with Gasteiger partial charge in [-0.15, -0.1) is 0 Å². The van der Waals surface area contributed by atoms with Crippen LogP contribution in [-0.2, 0) is 6.42 Å². The van der Waals surface area contributed by atoms with Crippen LogP contribution in [0.25, 0.3) is 11.0 Å². The number of nitrogens with one attached hydrogen (secondary N) is 2. The van der Waals surface area contributed by atoms with Crippen LogP contribution in [0.3, 0.4) is 0 Å². The number of nitrogens with zero attached hydrogens (tertiary/aromatic N) is 1. The summed E-state index contributed by atoms with van der Waals surface area (Å²) in [5.41, 5.74) is 2.64. The van der Waals surface area contributed by atoms with Gasteiger partial charge in [-0.3, -0.25) is 0 Å². The number of fused-ring (bicyclic) bond motifs is 1. The molecule has 0 aliphatic heterocycles. The Hall–Kier alpha value is -2.36. The molecular weight excluding hydrogens is 241 g/mol. The fraction of sp³-hybridized carbons (Fsp3) is 0.133. The van der Waals surface area contributed by atoms with Gasteiger partial charge in [-0.05, 0) is 30.2 Å². The van der Waals surface area contributed by atoms with Gasteiger partial charge in [-0.2, -0.15) is 0 Å². The van der Waals surface area contributed by atoms with E-state index in [0.29, 0.717) is 18.5 Å². The molecule has 19 heavy (non-hydrogen) atoms. The molecular formula is C15H14FN3. The molecule has 0 aliphatic rings. The lowest BCUT2D eigenvalue weighted by Crippen LogP contribution is -2.07. The quantitative estimate of drug-likeness (QED) is 0.750. The van der Waals surface area contributed by atoms with Crippen LogP contribution in [0.2, 0.25) is 0 Å². The molecule has 0 atom stereocenters. The zero-order valence-electron chi connectivity index (χ0n) is 10.4. The summed E-state index contributed by atoms with van der Waals surface area (Å²) in [5.74, 6) is 0.562. The maximum absolute atomic E-state index is 13.4. The van der Waals surface area contributed by atoms with E-state index in [2.05, 4.69) is 15.3 Å². The van der Waals surface area contributed by atoms with Crippen molar-refractivity contribution in [1.82, 2.24) is 9.97 Å². The maximum Gasteiger partial charge on any atom is 0.201 e. The number of aromatic amines is 1. The van der Waals surface area contributed by atoms with Crippen molar-refractivity contribution in [3.8, 4) is 0 Å². The van der Waals surface area contributed by atoms with Gasteiger partial charge in [-0.25, -0.2) is 9.37 Å². The van der Waals surface area contributed by atoms with E-state index in [0.717, 1.165) is 17.0 Å². The van der Waals surface area contributed by atoms with Crippen molar-refractivity contribution in [3.63, 3.8) is 0 Å². The fourth-order valence-corrected chi connectivity index (χ4v) is 2.05. The van der Waals surface area contributed by atoms with Crippen molar-refractivity contribution in [2.24, 2.45) is 0 Å². The zero-order valence-corrected chi connectivity index (χ0v) is 10.4. The van der Waals surface area contributed by atoms with Crippen LogP contribution in [0.4, 0.5) is 10.3 Å². The van der Waals surface area contributed by atoms with Gasteiger partial charge in [0.15, 0.2) is 0 Å². The van der Waals surface area contributed by atoms with E-state index in [4.69, 9.17) is 0 Å². The first-order chi connectivity index (χ1) is 9.33. The van der Waals surface area contributed by atoms with E-state index in [9.17, 15) is 4.39 Å². The maximum atomic E-state index is 13.4. The van der Waals surface area contributed by atoms with Crippen LogP contribution in [0, 0.1) is 5.82 Å². The SMILES string of the molecule is Fc1ccccc1CCNc1nc2ccccc2[nH]1. The third-order valence-electron chi connectivity index (χ3n) is 3.03. The Morgan fingerprint density at radius 2 is 1.84 bits per heavy atom. The molecule has 2 aromatic carbocycles. The average Bonchev–Trinajstić information content (AvgIpc) is 2.83. The molecule has 2 N–H and O–H groups in total. The van der Waals surface area contributed by atoms with Crippen molar-refractivity contribution < 1.29 is 4.39 Å². The van der Waals surface area contributed by atoms with Crippen molar-refractivity contribution >= 4 is 17.0 Å². The van der Waals surface area contributed by atoms with Crippen molar-refractivity contribution in [1.29, 1.82) is 0 Å². The van der Waals surface area contributed by atoms with E-state index in [1.165, 1.54) is 6.07 Å². The molecule has 0 aliphatic carbocycles. The summed E-state index contributed by atoms with van der Waals surface area (Å²) in [6, 6.07) is 14.7. The molecule has 4 heteroatoms. The molecule has 0 bridgehead atoms. The first-order valence-corrected chi connectivity index (χ1v) is 6.25. The summed E-state index contributed by atoms with van der Waals surface area (Å²) in [4.78, 5) is 7.59. The summed E-state index contributed by atoms with van der Waals surface area (Å²) in [6.07, 6.45) is 0.629. The summed E-state index contributed by atoms with van der Waals surface area (Å²) in [6.45, 7) is 0.640. The fourth-order valence-electron chi connectivity index (χ4n) is 2.05. The lowest BCUT2D eigenvalue weighted by atomic mass is 10.1. The monoisotopic (exact) mass is 255 g/mol. The molecule has 1 aromatic heterocycles. The zero-order chi connectivity index (χ0) is 13.1. The Labute approximate surface area is 110 Å². The smallest absolute Gasteiger partial charge is 0.201 e. The summed E-state index contributed by atoms with van der Waals surface area (Å²) in [5, 5.41) is 3.18. The number of para-hydroxylation sites is 2. The van der Waals surface area contributed by atoms with Gasteiger partial charge in [0, 0.05) is 6.54 Å². The number of H-pyrrole nitrogens is 1. The molecule has 96 valence electrons. The van der Waals surface area contributed by atoms with Gasteiger partial charge in [-0.1, -0.05) is 30.3 Å². The lowest BCUT2D eigenvalue weighted by Gasteiger charge is -2.04. The molecule has 0 saturated heterocycles. The van der Waals surface area contributed by atoms with Crippen molar-refractivity contribution in [3.05, 3.63) is 59.9 Å². The van der Waals surface area contributed by atoms with Crippen LogP contribution < -0.4 is 5.32 Å². The predicted molar refractivity (Wildman–Crippen MR) is 74.7 cm³/mol. The summed E-state index contributed by atoms with van der Waals surface area (Å²) in [7, 11) is 0. The molecule has 0 unspecified atom stereocenters. The van der Waals surface area contributed by atoms with Gasteiger partial charge < -0.3 is 10.3 Å². The Morgan fingerprint density at radius 3 is 2.68 bits per heavy atom. The Kier molecular flexibility index (Phi) is 3.14. The number of hydrogen-bond donors (Lipinski definition) is 2. The number of hydrogen-bond acceptors (Lipinski definition) is 2. The summed E-state index contributed by atoms with van der Waals surface area (Å²) < 4.78 is 13.4. The molecule has 0 amide bonds. The van der Waals surface area contributed by atoms with Gasteiger partial charge in [0.2, 0.25) is 5.95 Å². The molecule has 0 fully saturated rings. The van der Waals surface area contributed by atoms with Gasteiger partial charge in [0.25, 0.3) is 0 Å². The Balaban J connectivity index is 1.65. The van der Waals surface area contributed by atoms with Gasteiger partial charge >= 0.3 is 0 Å². The Bertz CT molecular complexity index is 657. The van der Waals surface area contributed by atoms with E-state index >= 15 is 0 Å². The highest BCUT2D eigenvalue weighted by Gasteiger charge is 2.03. The van der Waals surface area contributed by atoms with Crippen LogP contribution >= 0.6 is 0 Å². The second-order valence-electron chi connectivity index (χ2n) is 4.37. The topological polar surface area (TPSA) is 40.7 Å². The Morgan fingerprint density at radius 1 is 1.05 bits per heavy atom. The number of halogens is 1. The largest absolute Gasteiger partial charge is 0.355 e. The highest BCUT2D eigenvalue weighted by atomic mass is 19.1. The van der Waals surface area contributed by atoms with Crippen molar-refractivity contribution in [2.75, 3.05) is 11.9 Å². The van der Waals surface area contributed by atoms with E-state index in [1.54, 1.807) is 12.1 Å². The molecule has 0 spiro atoms. The highest BCUT2D eigenvalue weighted by Crippen LogP contribution is 2.13. The summed E-state index contributed by atoms with van der Waals surface area (Å²) >= 11 is 0. The third-order valence-corrected chi connectivity index (χ3v) is 3.03. The molecule has 0 saturated carbocycles. The van der Waals surface area contributed by atoms with Crippen LogP contribution in [0.1, 0.15) is 5.56 Å². The number of imidazole rings is 1. The third kappa shape index (κ3) is 2.57. The van der Waals surface area contributed by atoms with E-state index < -0.39 is 0 Å². The number of rotatable bonds is 4. The van der Waals surface area contributed by atoms with Gasteiger partial charge in [0.05, 0.1) is 11.0 Å². The van der Waals surface area contributed by atoms with E-state index in [-0.39, 0.29) is 5.82 Å². The first-order valence-electron chi connectivity index (χ1n) is 6.25. The van der Waals surface area contributed by atoms with Crippen LogP contribution in [-0.4, -0.2) is 16.5 Å². The molecule has 3 rings (SSSR count). The first kappa shape index (κ1) is 11.7. The second-order valence-corrected chi connectivity index (χ2v) is 4.37. The normalized spacial score (nSPS) is 10.8.